The number of rotatable bonds is 13. The summed E-state index contributed by atoms with van der Waals surface area (Å²) in [4.78, 5) is 15.7. The summed E-state index contributed by atoms with van der Waals surface area (Å²) < 4.78 is 94.5. The molecule has 1 aliphatic carbocycles. The van der Waals surface area contributed by atoms with Crippen LogP contribution in [0.5, 0.6) is 11.5 Å². The number of alkyl halides is 2. The van der Waals surface area contributed by atoms with Crippen molar-refractivity contribution < 1.29 is 49.6 Å². The highest BCUT2D eigenvalue weighted by atomic mass is 35.5. The van der Waals surface area contributed by atoms with Crippen molar-refractivity contribution in [3.05, 3.63) is 76.0 Å². The van der Waals surface area contributed by atoms with Gasteiger partial charge in [0, 0.05) is 24.3 Å². The SMILES string of the molecule is NS(=O)(=O)c1cccc(S(=O)(=O)N2CCS[C@H]2C(=O)O[C@@H](Cc2c(Cl)c[nH+]cc2Cl)c2ccc(OC(F)F)c(OCC3CC3)c2)c1. The maximum Gasteiger partial charge on any atom is 0.387 e. The number of aromatic nitrogens is 1. The first-order chi connectivity index (χ1) is 21.7. The van der Waals surface area contributed by atoms with Crippen molar-refractivity contribution in [3.63, 3.8) is 0 Å². The van der Waals surface area contributed by atoms with E-state index in [1.165, 1.54) is 42.7 Å². The second-order valence-corrected chi connectivity index (χ2v) is 15.9. The average molecular weight is 740 g/mol. The number of nitrogens with one attached hydrogen (secondary N) is 1. The van der Waals surface area contributed by atoms with Crippen LogP contribution in [0.4, 0.5) is 8.78 Å². The van der Waals surface area contributed by atoms with Crippen LogP contribution in [0.25, 0.3) is 0 Å². The molecule has 3 aromatic rings. The molecule has 2 fully saturated rings. The largest absolute Gasteiger partial charge is 0.489 e. The molecule has 5 rings (SSSR count). The summed E-state index contributed by atoms with van der Waals surface area (Å²) >= 11 is 13.8. The monoisotopic (exact) mass is 738 g/mol. The third-order valence-corrected chi connectivity index (χ3v) is 11.9. The summed E-state index contributed by atoms with van der Waals surface area (Å²) in [5.41, 5.74) is 0.718. The van der Waals surface area contributed by atoms with E-state index < -0.39 is 49.0 Å². The Hall–Kier alpha value is -2.73. The summed E-state index contributed by atoms with van der Waals surface area (Å²) in [5, 5.41) is 4.30. The number of sulfonamides is 2. The van der Waals surface area contributed by atoms with Crippen LogP contribution < -0.4 is 19.6 Å². The van der Waals surface area contributed by atoms with Gasteiger partial charge in [-0.05, 0) is 54.7 Å². The van der Waals surface area contributed by atoms with Gasteiger partial charge in [-0.1, -0.05) is 35.3 Å². The zero-order valence-corrected chi connectivity index (χ0v) is 27.7. The van der Waals surface area contributed by atoms with E-state index in [2.05, 4.69) is 9.72 Å². The number of esters is 1. The third kappa shape index (κ3) is 8.21. The minimum atomic E-state index is -4.38. The molecule has 2 aromatic carbocycles. The van der Waals surface area contributed by atoms with E-state index in [0.29, 0.717) is 11.1 Å². The van der Waals surface area contributed by atoms with Gasteiger partial charge < -0.3 is 14.2 Å². The van der Waals surface area contributed by atoms with Gasteiger partial charge in [0.1, 0.15) is 16.1 Å². The molecule has 1 aromatic heterocycles. The van der Waals surface area contributed by atoms with Gasteiger partial charge >= 0.3 is 12.6 Å². The highest BCUT2D eigenvalue weighted by Crippen LogP contribution is 2.39. The van der Waals surface area contributed by atoms with Crippen LogP contribution in [0.1, 0.15) is 30.1 Å². The van der Waals surface area contributed by atoms with Crippen molar-refractivity contribution >= 4 is 61.0 Å². The van der Waals surface area contributed by atoms with E-state index in [1.807, 2.05) is 0 Å². The number of hydrogen-bond donors (Lipinski definition) is 1. The van der Waals surface area contributed by atoms with Crippen molar-refractivity contribution in [2.24, 2.45) is 11.1 Å². The third-order valence-electron chi connectivity index (χ3n) is 7.16. The number of aromatic amines is 1. The molecule has 0 spiro atoms. The standard InChI is InChI=1S/C28H27Cl2F2N3O8S3/c29-21-13-34-14-22(30)20(21)12-24(17-6-7-23(43-28(31)32)25(10-17)41-15-16-4-5-16)42-27(36)26-35(8-9-44-26)46(39,40)19-3-1-2-18(11-19)45(33,37)38/h1-3,6-7,10-11,13-14,16,24,26,28H,4-5,8-9,12,15H2,(H2,33,37,38)/p+1/t24-,26-/m0/s1. The first-order valence-corrected chi connectivity index (χ1v) is 18.6. The van der Waals surface area contributed by atoms with E-state index in [1.54, 1.807) is 0 Å². The fraction of sp³-hybridized carbons (Fsp3) is 0.357. The van der Waals surface area contributed by atoms with Gasteiger partial charge in [-0.3, -0.25) is 0 Å². The Morgan fingerprint density at radius 2 is 1.74 bits per heavy atom. The van der Waals surface area contributed by atoms with Crippen LogP contribution >= 0.6 is 35.0 Å². The number of nitrogens with zero attached hydrogens (tertiary/aromatic N) is 1. The number of H-pyrrole nitrogens is 1. The topological polar surface area (TPSA) is 156 Å². The molecule has 18 heteroatoms. The zero-order valence-electron chi connectivity index (χ0n) is 23.8. The van der Waals surface area contributed by atoms with E-state index in [-0.39, 0.29) is 57.7 Å². The number of thioether (sulfide) groups is 1. The Morgan fingerprint density at radius 3 is 2.39 bits per heavy atom. The molecule has 248 valence electrons. The predicted octanol–water partition coefficient (Wildman–Crippen LogP) is 4.44. The van der Waals surface area contributed by atoms with Gasteiger partial charge in [-0.25, -0.2) is 31.8 Å². The van der Waals surface area contributed by atoms with Gasteiger partial charge in [0.25, 0.3) is 0 Å². The molecule has 1 saturated heterocycles. The number of pyridine rings is 1. The van der Waals surface area contributed by atoms with Crippen molar-refractivity contribution in [1.29, 1.82) is 0 Å². The van der Waals surface area contributed by atoms with Gasteiger partial charge in [0.05, 0.1) is 16.4 Å². The Labute approximate surface area is 278 Å². The highest BCUT2D eigenvalue weighted by molar-refractivity contribution is 8.02. The van der Waals surface area contributed by atoms with E-state index in [9.17, 15) is 30.4 Å². The molecule has 2 heterocycles. The lowest BCUT2D eigenvalue weighted by Crippen LogP contribution is -2.40. The maximum absolute atomic E-state index is 13.7. The van der Waals surface area contributed by atoms with Gasteiger partial charge in [0.2, 0.25) is 20.0 Å². The lowest BCUT2D eigenvalue weighted by molar-refractivity contribution is -0.377. The van der Waals surface area contributed by atoms with Crippen molar-refractivity contribution in [1.82, 2.24) is 4.31 Å². The van der Waals surface area contributed by atoms with Crippen LogP contribution in [0, 0.1) is 5.92 Å². The normalized spacial score (nSPS) is 18.0. The molecular weight excluding hydrogens is 711 g/mol. The summed E-state index contributed by atoms with van der Waals surface area (Å²) in [7, 11) is -8.59. The fourth-order valence-electron chi connectivity index (χ4n) is 4.64. The van der Waals surface area contributed by atoms with Crippen molar-refractivity contribution in [2.45, 2.75) is 47.1 Å². The molecule has 3 N–H and O–H groups in total. The first-order valence-electron chi connectivity index (χ1n) is 13.8. The number of primary sulfonamides is 1. The number of halogens is 4. The minimum Gasteiger partial charge on any atom is -0.489 e. The van der Waals surface area contributed by atoms with E-state index in [4.69, 9.17) is 37.8 Å². The lowest BCUT2D eigenvalue weighted by Gasteiger charge is -2.26. The average Bonchev–Trinajstić information content (AvgIpc) is 3.69. The van der Waals surface area contributed by atoms with Gasteiger partial charge in [-0.15, -0.1) is 11.8 Å². The number of ether oxygens (including phenoxy) is 3. The molecule has 1 saturated carbocycles. The molecule has 0 radical (unpaired) electrons. The summed E-state index contributed by atoms with van der Waals surface area (Å²) in [6.07, 6.45) is 3.63. The molecule has 0 bridgehead atoms. The van der Waals surface area contributed by atoms with Crippen molar-refractivity contribution in [3.8, 4) is 11.5 Å². The lowest BCUT2D eigenvalue weighted by atomic mass is 10.0. The summed E-state index contributed by atoms with van der Waals surface area (Å²) in [6.45, 7) is -2.90. The maximum atomic E-state index is 13.7. The highest BCUT2D eigenvalue weighted by Gasteiger charge is 2.42. The quantitative estimate of drug-likeness (QED) is 0.251. The number of hydrogen-bond acceptors (Lipinski definition) is 9. The smallest absolute Gasteiger partial charge is 0.387 e. The minimum absolute atomic E-state index is 0.0125. The van der Waals surface area contributed by atoms with E-state index in [0.717, 1.165) is 41.0 Å². The Morgan fingerprint density at radius 1 is 1.04 bits per heavy atom. The molecule has 2 aliphatic rings. The zero-order chi connectivity index (χ0) is 33.2. The van der Waals surface area contributed by atoms with Gasteiger partial charge in [-0.2, -0.15) is 13.1 Å². The van der Waals surface area contributed by atoms with E-state index >= 15 is 0 Å². The van der Waals surface area contributed by atoms with Crippen LogP contribution in [-0.2, 0) is 36.0 Å². The second kappa shape index (κ2) is 14.2. The number of nitrogens with two attached hydrogens (primary N) is 1. The van der Waals surface area contributed by atoms with Gasteiger partial charge in [0.15, 0.2) is 29.3 Å². The number of carbonyl (C=O) groups is 1. The summed E-state index contributed by atoms with van der Waals surface area (Å²) in [6, 6.07) is 8.61. The molecule has 1 aliphatic heterocycles. The Kier molecular flexibility index (Phi) is 10.7. The fourth-order valence-corrected chi connectivity index (χ4v) is 8.90. The summed E-state index contributed by atoms with van der Waals surface area (Å²) in [5.74, 6) is -0.600. The molecule has 11 nitrogen and oxygen atoms in total. The molecule has 2 atom stereocenters. The van der Waals surface area contributed by atoms with Crippen LogP contribution in [0.2, 0.25) is 10.0 Å². The molecule has 46 heavy (non-hydrogen) atoms. The predicted molar refractivity (Wildman–Crippen MR) is 165 cm³/mol. The van der Waals surface area contributed by atoms with Crippen molar-refractivity contribution in [2.75, 3.05) is 18.9 Å². The second-order valence-electron chi connectivity index (χ2n) is 10.5. The number of benzene rings is 2. The first kappa shape index (κ1) is 34.6. The molecular formula is C28H28Cl2F2N3O8S3+. The molecule has 0 amide bonds. The Bertz CT molecular complexity index is 1810. The number of carbonyl (C=O) groups excluding carboxylic acids is 1. The Balaban J connectivity index is 1.47. The van der Waals surface area contributed by atoms with Crippen LogP contribution in [-0.4, -0.2) is 58.0 Å². The molecule has 0 unspecified atom stereocenters. The van der Waals surface area contributed by atoms with Crippen LogP contribution in [0.3, 0.4) is 0 Å². The van der Waals surface area contributed by atoms with Crippen LogP contribution in [0.15, 0.2) is 64.6 Å².